The predicted octanol–water partition coefficient (Wildman–Crippen LogP) is 4.92. The molecule has 12 heteroatoms. The van der Waals surface area contributed by atoms with E-state index in [-0.39, 0.29) is 17.1 Å². The first-order valence-corrected chi connectivity index (χ1v) is 10.3. The lowest BCUT2D eigenvalue weighted by molar-refractivity contribution is -0.117. The van der Waals surface area contributed by atoms with Crippen LogP contribution in [-0.4, -0.2) is 39.3 Å². The summed E-state index contributed by atoms with van der Waals surface area (Å²) < 4.78 is 53.6. The fourth-order valence-corrected chi connectivity index (χ4v) is 3.80. The van der Waals surface area contributed by atoms with E-state index in [4.69, 9.17) is 5.26 Å². The van der Waals surface area contributed by atoms with E-state index >= 15 is 0 Å². The molecule has 1 N–H and O–H groups in total. The number of aromatic nitrogens is 4. The molecule has 1 atom stereocenters. The molecule has 0 spiro atoms. The second kappa shape index (κ2) is 11.4. The summed E-state index contributed by atoms with van der Waals surface area (Å²) in [5.74, 6) is -2.08. The lowest BCUT2D eigenvalue weighted by Crippen LogP contribution is -2.22. The van der Waals surface area contributed by atoms with E-state index in [0.717, 1.165) is 12.3 Å². The van der Waals surface area contributed by atoms with Crippen LogP contribution in [0.4, 0.5) is 23.4 Å². The molecular formula is C23H24F4N6O2. The molecule has 0 aromatic carbocycles. The van der Waals surface area contributed by atoms with E-state index in [1.165, 1.54) is 16.8 Å². The summed E-state index contributed by atoms with van der Waals surface area (Å²) in [5.41, 5.74) is 0.949. The Morgan fingerprint density at radius 3 is 2.60 bits per heavy atom. The number of carbonyl (C=O) groups is 1. The Bertz CT molecular complexity index is 1250. The number of nitrogens with one attached hydrogen (secondary N) is 1. The number of hydrogen-bond acceptors (Lipinski definition) is 6. The SMILES string of the molecule is C=CC.CC1(C)CC(C(=O)Nc2cc(C#N)c(OC(F)F)cn2)c2cnc3cc(F)nn3c21.CF. The zero-order valence-electron chi connectivity index (χ0n) is 19.5. The van der Waals surface area contributed by atoms with Crippen molar-refractivity contribution in [2.45, 2.75) is 45.1 Å². The fourth-order valence-electron chi connectivity index (χ4n) is 3.80. The lowest BCUT2D eigenvalue weighted by Gasteiger charge is -2.19. The molecule has 3 heterocycles. The molecule has 0 radical (unpaired) electrons. The van der Waals surface area contributed by atoms with Crippen LogP contribution in [0.3, 0.4) is 0 Å². The first-order chi connectivity index (χ1) is 16.6. The molecule has 3 aromatic heterocycles. The average molecular weight is 492 g/mol. The van der Waals surface area contributed by atoms with E-state index in [2.05, 4.69) is 31.7 Å². The van der Waals surface area contributed by atoms with E-state index in [1.807, 2.05) is 20.8 Å². The molecule has 3 aromatic rings. The van der Waals surface area contributed by atoms with Crippen molar-refractivity contribution in [2.24, 2.45) is 0 Å². The number of carbonyl (C=O) groups excluding carboxylic acids is 1. The highest BCUT2D eigenvalue weighted by molar-refractivity contribution is 5.96. The summed E-state index contributed by atoms with van der Waals surface area (Å²) in [5, 5.41) is 15.6. The van der Waals surface area contributed by atoms with Gasteiger partial charge in [0.1, 0.15) is 11.9 Å². The van der Waals surface area contributed by atoms with Crippen LogP contribution >= 0.6 is 0 Å². The van der Waals surface area contributed by atoms with Gasteiger partial charge in [0.15, 0.2) is 11.4 Å². The van der Waals surface area contributed by atoms with Crippen molar-refractivity contribution in [3.63, 3.8) is 0 Å². The van der Waals surface area contributed by atoms with Gasteiger partial charge in [-0.2, -0.15) is 18.4 Å². The molecule has 1 amide bonds. The molecular weight excluding hydrogens is 468 g/mol. The van der Waals surface area contributed by atoms with Crippen LogP contribution in [0.25, 0.3) is 5.65 Å². The number of fused-ring (bicyclic) bond motifs is 3. The topological polar surface area (TPSA) is 105 Å². The number of ether oxygens (including phenoxy) is 1. The van der Waals surface area contributed by atoms with Crippen LogP contribution in [-0.2, 0) is 10.2 Å². The molecule has 35 heavy (non-hydrogen) atoms. The van der Waals surface area contributed by atoms with Crippen molar-refractivity contribution >= 4 is 17.4 Å². The number of alkyl halides is 3. The first kappa shape index (κ1) is 27.2. The summed E-state index contributed by atoms with van der Waals surface area (Å²) in [6, 6.07) is 4.09. The smallest absolute Gasteiger partial charge is 0.387 e. The van der Waals surface area contributed by atoms with E-state index < -0.39 is 29.8 Å². The second-order valence-electron chi connectivity index (χ2n) is 7.89. The Kier molecular flexibility index (Phi) is 8.88. The maximum absolute atomic E-state index is 13.6. The third kappa shape index (κ3) is 5.92. The minimum Gasteiger partial charge on any atom is -0.432 e. The zero-order valence-corrected chi connectivity index (χ0v) is 19.5. The Hall–Kier alpha value is -4.01. The van der Waals surface area contributed by atoms with E-state index in [9.17, 15) is 22.4 Å². The molecule has 8 nitrogen and oxygen atoms in total. The highest BCUT2D eigenvalue weighted by atomic mass is 19.3. The number of anilines is 1. The van der Waals surface area contributed by atoms with Gasteiger partial charge in [0.05, 0.1) is 30.5 Å². The van der Waals surface area contributed by atoms with Crippen LogP contribution in [0, 0.1) is 17.3 Å². The molecule has 1 unspecified atom stereocenters. The largest absolute Gasteiger partial charge is 0.432 e. The van der Waals surface area contributed by atoms with Gasteiger partial charge in [-0.25, -0.2) is 14.5 Å². The molecule has 1 aliphatic carbocycles. The lowest BCUT2D eigenvalue weighted by atomic mass is 9.88. The number of halogens is 4. The number of nitriles is 1. The predicted molar refractivity (Wildman–Crippen MR) is 120 cm³/mol. The molecule has 0 aliphatic heterocycles. The van der Waals surface area contributed by atoms with Gasteiger partial charge in [0, 0.05) is 29.3 Å². The Labute approximate surface area is 199 Å². The summed E-state index contributed by atoms with van der Waals surface area (Å²) in [6.07, 6.45) is 4.64. The molecule has 4 rings (SSSR count). The monoisotopic (exact) mass is 492 g/mol. The van der Waals surface area contributed by atoms with E-state index in [1.54, 1.807) is 12.1 Å². The van der Waals surface area contributed by atoms with Gasteiger partial charge in [-0.3, -0.25) is 9.18 Å². The van der Waals surface area contributed by atoms with Gasteiger partial charge < -0.3 is 10.1 Å². The molecule has 0 fully saturated rings. The summed E-state index contributed by atoms with van der Waals surface area (Å²) in [4.78, 5) is 21.0. The first-order valence-electron chi connectivity index (χ1n) is 10.3. The number of pyridine rings is 1. The van der Waals surface area contributed by atoms with Crippen molar-refractivity contribution < 1.29 is 27.1 Å². The molecule has 186 valence electrons. The molecule has 0 saturated heterocycles. The maximum Gasteiger partial charge on any atom is 0.387 e. The summed E-state index contributed by atoms with van der Waals surface area (Å²) in [7, 11) is 0.500. The average Bonchev–Trinajstić information content (AvgIpc) is 3.32. The molecule has 0 bridgehead atoms. The summed E-state index contributed by atoms with van der Waals surface area (Å²) in [6.45, 7) is 5.98. The zero-order chi connectivity index (χ0) is 26.3. The van der Waals surface area contributed by atoms with Gasteiger partial charge in [0.2, 0.25) is 11.9 Å². The fraction of sp³-hybridized carbons (Fsp3) is 0.348. The van der Waals surface area contributed by atoms with Crippen LogP contribution < -0.4 is 10.1 Å². The van der Waals surface area contributed by atoms with Crippen LogP contribution in [0.15, 0.2) is 37.2 Å². The normalized spacial score (nSPS) is 15.1. The van der Waals surface area contributed by atoms with Gasteiger partial charge in [-0.05, 0) is 13.3 Å². The van der Waals surface area contributed by atoms with Crippen molar-refractivity contribution in [3.05, 3.63) is 59.9 Å². The minimum atomic E-state index is -3.10. The maximum atomic E-state index is 13.6. The minimum absolute atomic E-state index is 0.0172. The quantitative estimate of drug-likeness (QED) is 0.410. The number of hydrogen-bond donors (Lipinski definition) is 1. The van der Waals surface area contributed by atoms with Crippen molar-refractivity contribution in [1.29, 1.82) is 5.26 Å². The summed E-state index contributed by atoms with van der Waals surface area (Å²) >= 11 is 0. The van der Waals surface area contributed by atoms with Crippen LogP contribution in [0.5, 0.6) is 5.75 Å². The van der Waals surface area contributed by atoms with Crippen molar-refractivity contribution in [3.8, 4) is 11.8 Å². The highest BCUT2D eigenvalue weighted by Gasteiger charge is 2.43. The van der Waals surface area contributed by atoms with Crippen LogP contribution in [0.2, 0.25) is 0 Å². The Morgan fingerprint density at radius 1 is 1.34 bits per heavy atom. The van der Waals surface area contributed by atoms with Crippen molar-refractivity contribution in [1.82, 2.24) is 19.6 Å². The number of allylic oxidation sites excluding steroid dienone is 1. The Balaban J connectivity index is 0.000000803. The van der Waals surface area contributed by atoms with Crippen molar-refractivity contribution in [2.75, 3.05) is 12.5 Å². The Morgan fingerprint density at radius 2 is 2.00 bits per heavy atom. The van der Waals surface area contributed by atoms with Gasteiger partial charge in [0.25, 0.3) is 0 Å². The number of nitrogens with zero attached hydrogens (tertiary/aromatic N) is 5. The number of amides is 1. The number of rotatable bonds is 4. The van der Waals surface area contributed by atoms with Gasteiger partial charge >= 0.3 is 6.61 Å². The second-order valence-corrected chi connectivity index (χ2v) is 7.89. The molecule has 0 saturated carbocycles. The standard InChI is InChI=1S/C19H15F3N6O2.C3H6.CH3F/c1-19(2)5-10(11-7-25-15-4-13(20)27-28(15)16(11)19)17(29)26-14-3-9(6-23)12(8-24-14)30-18(21)22;1-3-2;1-2/h3-4,7-8,10,18H,5H2,1-2H3,(H,24,26,29);3H,1H2,2H3;1H3. The third-order valence-corrected chi connectivity index (χ3v) is 4.98. The van der Waals surface area contributed by atoms with Crippen LogP contribution in [0.1, 0.15) is 49.9 Å². The van der Waals surface area contributed by atoms with E-state index in [0.29, 0.717) is 30.5 Å². The highest BCUT2D eigenvalue weighted by Crippen LogP contribution is 2.45. The molecule has 1 aliphatic rings. The van der Waals surface area contributed by atoms with Gasteiger partial charge in [-0.1, -0.05) is 19.9 Å². The third-order valence-electron chi connectivity index (χ3n) is 4.98. The van der Waals surface area contributed by atoms with Gasteiger partial charge in [-0.15, -0.1) is 11.7 Å².